The van der Waals surface area contributed by atoms with Crippen LogP contribution in [0.1, 0.15) is 18.4 Å². The molecule has 0 radical (unpaired) electrons. The molecule has 0 saturated heterocycles. The van der Waals surface area contributed by atoms with Crippen LogP contribution >= 0.6 is 0 Å². The van der Waals surface area contributed by atoms with E-state index in [0.29, 0.717) is 5.56 Å². The fraction of sp³-hybridized carbons (Fsp3) is 0.500. The predicted octanol–water partition coefficient (Wildman–Crippen LogP) is 1.80. The maximum absolute atomic E-state index is 12.8. The van der Waals surface area contributed by atoms with Gasteiger partial charge in [0.25, 0.3) is 0 Å². The van der Waals surface area contributed by atoms with Crippen LogP contribution in [-0.2, 0) is 16.4 Å². The molecule has 1 N–H and O–H groups in total. The minimum atomic E-state index is -1.07. The summed E-state index contributed by atoms with van der Waals surface area (Å²) in [4.78, 5) is 0. The van der Waals surface area contributed by atoms with Gasteiger partial charge in [0.2, 0.25) is 0 Å². The fourth-order valence-corrected chi connectivity index (χ4v) is 3.07. The monoisotopic (exact) mass is 242 g/mol. The molecule has 0 aliphatic heterocycles. The van der Waals surface area contributed by atoms with Crippen LogP contribution in [0.15, 0.2) is 24.3 Å². The topological polar surface area (TPSA) is 37.3 Å². The van der Waals surface area contributed by atoms with Crippen LogP contribution in [0.3, 0.4) is 0 Å². The smallest absolute Gasteiger partial charge is 0.123 e. The Morgan fingerprint density at radius 2 is 2.00 bits per heavy atom. The summed E-state index contributed by atoms with van der Waals surface area (Å²) in [5.74, 6) is 0.0740. The third-order valence-electron chi connectivity index (χ3n) is 3.02. The molecule has 0 unspecified atom stereocenters. The van der Waals surface area contributed by atoms with Crippen molar-refractivity contribution in [2.45, 2.75) is 18.4 Å². The van der Waals surface area contributed by atoms with Crippen LogP contribution in [0.2, 0.25) is 0 Å². The van der Waals surface area contributed by atoms with E-state index in [9.17, 15) is 13.7 Å². The first-order valence-electron chi connectivity index (χ1n) is 5.31. The Labute approximate surface area is 96.9 Å². The summed E-state index contributed by atoms with van der Waals surface area (Å²) >= 11 is 0. The van der Waals surface area contributed by atoms with E-state index in [1.807, 2.05) is 0 Å². The third kappa shape index (κ3) is 2.33. The largest absolute Gasteiger partial charge is 0.384 e. The Morgan fingerprint density at radius 1 is 1.44 bits per heavy atom. The van der Waals surface area contributed by atoms with Crippen molar-refractivity contribution in [1.29, 1.82) is 0 Å². The van der Waals surface area contributed by atoms with Gasteiger partial charge in [0, 0.05) is 17.1 Å². The zero-order valence-electron chi connectivity index (χ0n) is 9.15. The molecule has 1 saturated carbocycles. The van der Waals surface area contributed by atoms with Gasteiger partial charge in [-0.3, -0.25) is 4.21 Å². The lowest BCUT2D eigenvalue weighted by Crippen LogP contribution is -2.34. The molecule has 0 aromatic heterocycles. The quantitative estimate of drug-likeness (QED) is 0.874. The zero-order valence-corrected chi connectivity index (χ0v) is 9.97. The van der Waals surface area contributed by atoms with Crippen LogP contribution in [0.25, 0.3) is 0 Å². The van der Waals surface area contributed by atoms with Crippen molar-refractivity contribution in [3.05, 3.63) is 35.6 Å². The molecule has 1 aliphatic carbocycles. The molecule has 0 heterocycles. The summed E-state index contributed by atoms with van der Waals surface area (Å²) in [6, 6.07) is 5.84. The van der Waals surface area contributed by atoms with E-state index in [0.717, 1.165) is 12.8 Å². The molecule has 1 aliphatic rings. The van der Waals surface area contributed by atoms with Gasteiger partial charge in [-0.25, -0.2) is 4.39 Å². The minimum Gasteiger partial charge on any atom is -0.384 e. The molecular weight excluding hydrogens is 227 g/mol. The Bertz CT molecular complexity index is 400. The molecule has 2 nitrogen and oxygen atoms in total. The van der Waals surface area contributed by atoms with Crippen LogP contribution in [0.4, 0.5) is 4.39 Å². The first-order chi connectivity index (χ1) is 7.52. The summed E-state index contributed by atoms with van der Waals surface area (Å²) < 4.78 is 24.1. The highest BCUT2D eigenvalue weighted by Crippen LogP contribution is 2.46. The van der Waals surface area contributed by atoms with Crippen molar-refractivity contribution in [1.82, 2.24) is 0 Å². The summed E-state index contributed by atoms with van der Waals surface area (Å²) in [7, 11) is -1.07. The molecule has 0 amide bonds. The Hall–Kier alpha value is -0.740. The van der Waals surface area contributed by atoms with Gasteiger partial charge in [0.15, 0.2) is 0 Å². The second-order valence-electron chi connectivity index (χ2n) is 4.42. The molecule has 88 valence electrons. The summed E-state index contributed by atoms with van der Waals surface area (Å²) in [6.45, 7) is 0. The normalized spacial score (nSPS) is 21.4. The molecule has 2 atom stereocenters. The molecule has 1 aromatic carbocycles. The SMILES string of the molecule is C[S@](=O)C[C@](O)(c1ccc(F)cc1)C1CC1. The summed E-state index contributed by atoms with van der Waals surface area (Å²) in [5.41, 5.74) is -0.376. The Balaban J connectivity index is 2.31. The number of hydrogen-bond donors (Lipinski definition) is 1. The fourth-order valence-electron chi connectivity index (χ4n) is 2.05. The average molecular weight is 242 g/mol. The van der Waals surface area contributed by atoms with Crippen molar-refractivity contribution in [2.75, 3.05) is 12.0 Å². The van der Waals surface area contributed by atoms with Gasteiger partial charge in [-0.05, 0) is 36.5 Å². The number of aliphatic hydroxyl groups is 1. The van der Waals surface area contributed by atoms with Crippen molar-refractivity contribution in [3.8, 4) is 0 Å². The molecule has 1 fully saturated rings. The number of halogens is 1. The van der Waals surface area contributed by atoms with E-state index in [1.54, 1.807) is 18.4 Å². The number of hydrogen-bond acceptors (Lipinski definition) is 2. The van der Waals surface area contributed by atoms with E-state index >= 15 is 0 Å². The molecule has 0 bridgehead atoms. The van der Waals surface area contributed by atoms with Gasteiger partial charge < -0.3 is 5.11 Å². The van der Waals surface area contributed by atoms with Gasteiger partial charge in [0.05, 0.1) is 5.75 Å². The third-order valence-corrected chi connectivity index (χ3v) is 3.87. The molecular formula is C12H15FO2S. The molecule has 2 rings (SSSR count). The highest BCUT2D eigenvalue weighted by Gasteiger charge is 2.45. The highest BCUT2D eigenvalue weighted by molar-refractivity contribution is 7.84. The Morgan fingerprint density at radius 3 is 2.44 bits per heavy atom. The minimum absolute atomic E-state index is 0.168. The predicted molar refractivity (Wildman–Crippen MR) is 62.0 cm³/mol. The van der Waals surface area contributed by atoms with E-state index < -0.39 is 16.4 Å². The van der Waals surface area contributed by atoms with Gasteiger partial charge in [-0.1, -0.05) is 12.1 Å². The van der Waals surface area contributed by atoms with Crippen molar-refractivity contribution < 1.29 is 13.7 Å². The lowest BCUT2D eigenvalue weighted by molar-refractivity contribution is 0.0375. The van der Waals surface area contributed by atoms with Crippen molar-refractivity contribution >= 4 is 10.8 Å². The van der Waals surface area contributed by atoms with Crippen molar-refractivity contribution in [3.63, 3.8) is 0 Å². The van der Waals surface area contributed by atoms with Crippen molar-refractivity contribution in [2.24, 2.45) is 5.92 Å². The molecule has 16 heavy (non-hydrogen) atoms. The molecule has 1 aromatic rings. The van der Waals surface area contributed by atoms with Gasteiger partial charge in [0.1, 0.15) is 11.4 Å². The number of benzene rings is 1. The Kier molecular flexibility index (Phi) is 3.13. The van der Waals surface area contributed by atoms with E-state index in [-0.39, 0.29) is 17.5 Å². The maximum Gasteiger partial charge on any atom is 0.123 e. The maximum atomic E-state index is 12.8. The van der Waals surface area contributed by atoms with Gasteiger partial charge in [-0.2, -0.15) is 0 Å². The van der Waals surface area contributed by atoms with Gasteiger partial charge >= 0.3 is 0 Å². The van der Waals surface area contributed by atoms with Gasteiger partial charge in [-0.15, -0.1) is 0 Å². The van der Waals surface area contributed by atoms with Crippen LogP contribution in [0.5, 0.6) is 0 Å². The van der Waals surface area contributed by atoms with E-state index in [1.165, 1.54) is 12.1 Å². The second kappa shape index (κ2) is 4.26. The van der Waals surface area contributed by atoms with Crippen LogP contribution < -0.4 is 0 Å². The molecule has 4 heteroatoms. The highest BCUT2D eigenvalue weighted by atomic mass is 32.2. The van der Waals surface area contributed by atoms with Crippen LogP contribution in [-0.4, -0.2) is 21.3 Å². The summed E-state index contributed by atoms with van der Waals surface area (Å²) in [5, 5.41) is 10.6. The average Bonchev–Trinajstić information content (AvgIpc) is 3.00. The molecule has 0 spiro atoms. The summed E-state index contributed by atoms with van der Waals surface area (Å²) in [6.07, 6.45) is 3.48. The zero-order chi connectivity index (χ0) is 11.8. The van der Waals surface area contributed by atoms with E-state index in [2.05, 4.69) is 0 Å². The van der Waals surface area contributed by atoms with E-state index in [4.69, 9.17) is 0 Å². The second-order valence-corrected chi connectivity index (χ2v) is 5.86. The lowest BCUT2D eigenvalue weighted by Gasteiger charge is -2.27. The first kappa shape index (κ1) is 11.7. The lowest BCUT2D eigenvalue weighted by atomic mass is 9.91. The standard InChI is InChI=1S/C12H15FO2S/c1-16(15)8-12(14,9-2-3-9)10-4-6-11(13)7-5-10/h4-7,9,14H,2-3,8H2,1H3/t12-,16+/m1/s1. The number of rotatable bonds is 4. The first-order valence-corrected chi connectivity index (χ1v) is 7.03. The van der Waals surface area contributed by atoms with Crippen LogP contribution in [0, 0.1) is 11.7 Å².